The van der Waals surface area contributed by atoms with Gasteiger partial charge in [0.1, 0.15) is 5.82 Å². The molecule has 6 heteroatoms. The van der Waals surface area contributed by atoms with Crippen LogP contribution in [0, 0.1) is 0 Å². The fourth-order valence-electron chi connectivity index (χ4n) is 3.25. The second kappa shape index (κ2) is 8.61. The van der Waals surface area contributed by atoms with Crippen LogP contribution in [-0.2, 0) is 12.8 Å². The number of fused-ring (bicyclic) bond motifs is 1. The highest BCUT2D eigenvalue weighted by molar-refractivity contribution is 6.01. The van der Waals surface area contributed by atoms with E-state index in [0.717, 1.165) is 35.3 Å². The van der Waals surface area contributed by atoms with E-state index >= 15 is 0 Å². The maximum Gasteiger partial charge on any atom is 0.323 e. The van der Waals surface area contributed by atoms with Gasteiger partial charge in [-0.25, -0.2) is 9.78 Å². The monoisotopic (exact) mass is 398 g/mol. The summed E-state index contributed by atoms with van der Waals surface area (Å²) in [6, 6.07) is 22.2. The number of nitrogens with zero attached hydrogens (tertiary/aromatic N) is 1. The number of carbonyl (C=O) groups is 2. The Morgan fingerprint density at radius 3 is 2.40 bits per heavy atom. The first-order chi connectivity index (χ1) is 14.6. The molecule has 0 aliphatic heterocycles. The van der Waals surface area contributed by atoms with Crippen LogP contribution in [0.25, 0.3) is 11.0 Å². The number of aromatic nitrogens is 2. The SMILES string of the molecule is CC(=O)c1cccc(NC(=O)Nc2ccc(CCc3nc4ccccc4[nH]3)cc2)c1. The third kappa shape index (κ3) is 4.72. The van der Waals surface area contributed by atoms with Crippen molar-refractivity contribution in [2.75, 3.05) is 10.6 Å². The van der Waals surface area contributed by atoms with Crippen molar-refractivity contribution in [3.8, 4) is 0 Å². The molecule has 0 aliphatic rings. The molecule has 30 heavy (non-hydrogen) atoms. The largest absolute Gasteiger partial charge is 0.342 e. The van der Waals surface area contributed by atoms with E-state index in [9.17, 15) is 9.59 Å². The predicted molar refractivity (Wildman–Crippen MR) is 119 cm³/mol. The molecule has 0 radical (unpaired) electrons. The van der Waals surface area contributed by atoms with Gasteiger partial charge in [0.05, 0.1) is 11.0 Å². The summed E-state index contributed by atoms with van der Waals surface area (Å²) in [5.74, 6) is 0.919. The Morgan fingerprint density at radius 1 is 0.867 bits per heavy atom. The van der Waals surface area contributed by atoms with Gasteiger partial charge in [-0.2, -0.15) is 0 Å². The summed E-state index contributed by atoms with van der Waals surface area (Å²) >= 11 is 0. The van der Waals surface area contributed by atoms with Crippen LogP contribution >= 0.6 is 0 Å². The lowest BCUT2D eigenvalue weighted by Gasteiger charge is -2.09. The molecule has 0 bridgehead atoms. The minimum Gasteiger partial charge on any atom is -0.342 e. The molecule has 2 amide bonds. The van der Waals surface area contributed by atoms with Gasteiger partial charge in [0, 0.05) is 23.4 Å². The maximum absolute atomic E-state index is 12.2. The van der Waals surface area contributed by atoms with Gasteiger partial charge in [-0.1, -0.05) is 36.4 Å². The van der Waals surface area contributed by atoms with E-state index in [1.807, 2.05) is 48.5 Å². The average Bonchev–Trinajstić information content (AvgIpc) is 3.16. The number of carbonyl (C=O) groups excluding carboxylic acids is 2. The summed E-state index contributed by atoms with van der Waals surface area (Å²) in [5.41, 5.74) is 5.02. The molecule has 0 atom stereocenters. The molecule has 0 saturated heterocycles. The number of nitrogens with one attached hydrogen (secondary N) is 3. The molecule has 0 fully saturated rings. The van der Waals surface area contributed by atoms with Crippen LogP contribution in [-0.4, -0.2) is 21.8 Å². The van der Waals surface area contributed by atoms with Gasteiger partial charge < -0.3 is 15.6 Å². The molecule has 150 valence electrons. The zero-order valence-corrected chi connectivity index (χ0v) is 16.6. The highest BCUT2D eigenvalue weighted by atomic mass is 16.2. The highest BCUT2D eigenvalue weighted by Crippen LogP contribution is 2.15. The molecule has 0 spiro atoms. The lowest BCUT2D eigenvalue weighted by atomic mass is 10.1. The van der Waals surface area contributed by atoms with Crippen molar-refractivity contribution in [2.24, 2.45) is 0 Å². The lowest BCUT2D eigenvalue weighted by Crippen LogP contribution is -2.19. The number of Topliss-reactive ketones (excluding diaryl/α,β-unsaturated/α-hetero) is 1. The minimum absolute atomic E-state index is 0.0442. The molecular formula is C24H22N4O2. The van der Waals surface area contributed by atoms with Gasteiger partial charge in [-0.3, -0.25) is 4.79 Å². The van der Waals surface area contributed by atoms with E-state index in [-0.39, 0.29) is 11.8 Å². The number of rotatable bonds is 6. The summed E-state index contributed by atoms with van der Waals surface area (Å²) in [6.45, 7) is 1.49. The molecule has 1 aromatic heterocycles. The minimum atomic E-state index is -0.356. The van der Waals surface area contributed by atoms with Crippen molar-refractivity contribution in [2.45, 2.75) is 19.8 Å². The van der Waals surface area contributed by atoms with Gasteiger partial charge in [0.25, 0.3) is 0 Å². The Morgan fingerprint density at radius 2 is 1.63 bits per heavy atom. The number of anilines is 2. The van der Waals surface area contributed by atoms with E-state index in [4.69, 9.17) is 0 Å². The second-order valence-electron chi connectivity index (χ2n) is 7.11. The number of imidazole rings is 1. The normalized spacial score (nSPS) is 10.7. The number of para-hydroxylation sites is 2. The molecule has 0 unspecified atom stereocenters. The predicted octanol–water partition coefficient (Wildman–Crippen LogP) is 5.19. The Kier molecular flexibility index (Phi) is 5.57. The highest BCUT2D eigenvalue weighted by Gasteiger charge is 2.06. The zero-order chi connectivity index (χ0) is 20.9. The Bertz CT molecular complexity index is 1160. The summed E-state index contributed by atoms with van der Waals surface area (Å²) in [4.78, 5) is 31.6. The van der Waals surface area contributed by atoms with Crippen LogP contribution in [0.15, 0.2) is 72.8 Å². The molecule has 0 aliphatic carbocycles. The van der Waals surface area contributed by atoms with Crippen LogP contribution in [0.2, 0.25) is 0 Å². The van der Waals surface area contributed by atoms with Gasteiger partial charge in [-0.05, 0) is 55.3 Å². The number of amides is 2. The van der Waals surface area contributed by atoms with Crippen LogP contribution in [0.4, 0.5) is 16.2 Å². The third-order valence-electron chi connectivity index (χ3n) is 4.83. The number of benzene rings is 3. The van der Waals surface area contributed by atoms with E-state index in [1.54, 1.807) is 24.3 Å². The average molecular weight is 398 g/mol. The topological polar surface area (TPSA) is 86.9 Å². The second-order valence-corrected chi connectivity index (χ2v) is 7.11. The van der Waals surface area contributed by atoms with Gasteiger partial charge in [-0.15, -0.1) is 0 Å². The molecule has 3 N–H and O–H groups in total. The number of hydrogen-bond donors (Lipinski definition) is 3. The van der Waals surface area contributed by atoms with Gasteiger partial charge in [0.15, 0.2) is 5.78 Å². The number of urea groups is 1. The van der Waals surface area contributed by atoms with Crippen molar-refractivity contribution in [1.29, 1.82) is 0 Å². The van der Waals surface area contributed by atoms with E-state index in [0.29, 0.717) is 16.9 Å². The summed E-state index contributed by atoms with van der Waals surface area (Å²) in [5, 5.41) is 5.55. The van der Waals surface area contributed by atoms with E-state index < -0.39 is 0 Å². The summed E-state index contributed by atoms with van der Waals surface area (Å²) in [6.07, 6.45) is 1.67. The first-order valence-electron chi connectivity index (χ1n) is 9.78. The van der Waals surface area contributed by atoms with Crippen LogP contribution in [0.1, 0.15) is 28.7 Å². The summed E-state index contributed by atoms with van der Waals surface area (Å²) in [7, 11) is 0. The number of ketones is 1. The van der Waals surface area contributed by atoms with E-state index in [1.165, 1.54) is 6.92 Å². The Hall–Kier alpha value is -3.93. The number of hydrogen-bond acceptors (Lipinski definition) is 3. The van der Waals surface area contributed by atoms with Crippen molar-refractivity contribution >= 4 is 34.2 Å². The van der Waals surface area contributed by atoms with Crippen molar-refractivity contribution in [1.82, 2.24) is 9.97 Å². The van der Waals surface area contributed by atoms with Crippen LogP contribution < -0.4 is 10.6 Å². The lowest BCUT2D eigenvalue weighted by molar-refractivity contribution is 0.101. The fraction of sp³-hybridized carbons (Fsp3) is 0.125. The molecular weight excluding hydrogens is 376 g/mol. The Labute approximate surface area is 174 Å². The Balaban J connectivity index is 1.32. The van der Waals surface area contributed by atoms with E-state index in [2.05, 4.69) is 20.6 Å². The molecule has 4 aromatic rings. The number of H-pyrrole nitrogens is 1. The fourth-order valence-corrected chi connectivity index (χ4v) is 3.25. The molecule has 4 rings (SSSR count). The quantitative estimate of drug-likeness (QED) is 0.390. The first kappa shape index (κ1) is 19.4. The standard InChI is InChI=1S/C24H22N4O2/c1-16(29)18-5-4-6-20(15-18)26-24(30)25-19-12-9-17(10-13-19)11-14-23-27-21-7-2-3-8-22(21)28-23/h2-10,12-13,15H,11,14H2,1H3,(H,27,28)(H2,25,26,30). The molecule has 0 saturated carbocycles. The van der Waals surface area contributed by atoms with Crippen molar-refractivity contribution in [3.63, 3.8) is 0 Å². The third-order valence-corrected chi connectivity index (χ3v) is 4.83. The van der Waals surface area contributed by atoms with Crippen LogP contribution in [0.3, 0.4) is 0 Å². The molecule has 6 nitrogen and oxygen atoms in total. The number of aromatic amines is 1. The van der Waals surface area contributed by atoms with Gasteiger partial charge >= 0.3 is 6.03 Å². The maximum atomic E-state index is 12.2. The van der Waals surface area contributed by atoms with Crippen molar-refractivity contribution in [3.05, 3.63) is 89.7 Å². The molecule has 3 aromatic carbocycles. The smallest absolute Gasteiger partial charge is 0.323 e. The summed E-state index contributed by atoms with van der Waals surface area (Å²) < 4.78 is 0. The first-order valence-corrected chi connectivity index (χ1v) is 9.78. The molecule has 1 heterocycles. The number of aryl methyl sites for hydroxylation is 2. The van der Waals surface area contributed by atoms with Crippen LogP contribution in [0.5, 0.6) is 0 Å². The van der Waals surface area contributed by atoms with Crippen molar-refractivity contribution < 1.29 is 9.59 Å². The van der Waals surface area contributed by atoms with Gasteiger partial charge in [0.2, 0.25) is 0 Å². The zero-order valence-electron chi connectivity index (χ0n) is 16.6.